The number of hydrogen-bond acceptors (Lipinski definition) is 6. The van der Waals surface area contributed by atoms with Crippen LogP contribution in [0, 0.1) is 0 Å². The number of carbonyl (C=O) groups is 3. The zero-order chi connectivity index (χ0) is 24.5. The molecule has 0 aromatic heterocycles. The molecule has 1 unspecified atom stereocenters. The summed E-state index contributed by atoms with van der Waals surface area (Å²) in [7, 11) is 0. The molecule has 2 N–H and O–H groups in total. The number of thiocarbonyl (C=S) groups is 1. The van der Waals surface area contributed by atoms with Crippen molar-refractivity contribution < 1.29 is 23.9 Å². The molecule has 1 saturated carbocycles. The first-order valence-corrected chi connectivity index (χ1v) is 12.7. The zero-order valence-corrected chi connectivity index (χ0v) is 21.1. The molecule has 2 aliphatic rings. The predicted octanol–water partition coefficient (Wildman–Crippen LogP) is 3.62. The molecule has 8 nitrogen and oxygen atoms in total. The Morgan fingerprint density at radius 3 is 2.71 bits per heavy atom. The van der Waals surface area contributed by atoms with Crippen LogP contribution in [0.15, 0.2) is 18.2 Å². The second-order valence-electron chi connectivity index (χ2n) is 8.33. The molecule has 0 bridgehead atoms. The molecule has 1 aromatic carbocycles. The first kappa shape index (κ1) is 26.5. The van der Waals surface area contributed by atoms with Crippen molar-refractivity contribution in [2.75, 3.05) is 19.7 Å². The number of rotatable bonds is 8. The average molecular weight is 530 g/mol. The van der Waals surface area contributed by atoms with E-state index in [2.05, 4.69) is 10.6 Å². The monoisotopic (exact) mass is 529 g/mol. The summed E-state index contributed by atoms with van der Waals surface area (Å²) >= 11 is 17.3. The van der Waals surface area contributed by atoms with Crippen molar-refractivity contribution >= 4 is 58.3 Å². The van der Waals surface area contributed by atoms with Gasteiger partial charge in [-0.1, -0.05) is 29.6 Å². The molecule has 1 aliphatic carbocycles. The predicted molar refractivity (Wildman–Crippen MR) is 133 cm³/mol. The largest absolute Gasteiger partial charge is 0.492 e. The zero-order valence-electron chi connectivity index (χ0n) is 18.8. The van der Waals surface area contributed by atoms with Crippen LogP contribution in [0.25, 0.3) is 0 Å². The number of benzene rings is 1. The lowest BCUT2D eigenvalue weighted by Crippen LogP contribution is -2.60. The Labute approximate surface area is 214 Å². The maximum atomic E-state index is 12.5. The molecular weight excluding hydrogens is 501 g/mol. The van der Waals surface area contributed by atoms with Gasteiger partial charge < -0.3 is 25.0 Å². The van der Waals surface area contributed by atoms with Crippen molar-refractivity contribution in [1.29, 1.82) is 0 Å². The van der Waals surface area contributed by atoms with Gasteiger partial charge in [0, 0.05) is 24.5 Å². The van der Waals surface area contributed by atoms with Crippen molar-refractivity contribution in [2.45, 2.75) is 63.5 Å². The molecule has 0 radical (unpaired) electrons. The van der Waals surface area contributed by atoms with Gasteiger partial charge in [-0.05, 0) is 62.5 Å². The van der Waals surface area contributed by atoms with E-state index in [-0.39, 0.29) is 42.5 Å². The first-order valence-electron chi connectivity index (χ1n) is 11.5. The van der Waals surface area contributed by atoms with E-state index in [0.717, 1.165) is 32.1 Å². The van der Waals surface area contributed by atoms with Gasteiger partial charge in [-0.25, -0.2) is 0 Å². The molecular formula is C23H29Cl2N3O5S. The molecule has 1 aromatic rings. The summed E-state index contributed by atoms with van der Waals surface area (Å²) in [6.45, 7) is 1.05. The molecule has 2 fully saturated rings. The summed E-state index contributed by atoms with van der Waals surface area (Å²) in [5.41, 5.74) is 0. The van der Waals surface area contributed by atoms with Gasteiger partial charge in [0.25, 0.3) is 0 Å². The summed E-state index contributed by atoms with van der Waals surface area (Å²) in [4.78, 5) is 38.9. The highest BCUT2D eigenvalue weighted by molar-refractivity contribution is 7.80. The van der Waals surface area contributed by atoms with E-state index < -0.39 is 12.0 Å². The van der Waals surface area contributed by atoms with Gasteiger partial charge in [-0.2, -0.15) is 0 Å². The van der Waals surface area contributed by atoms with E-state index >= 15 is 0 Å². The molecule has 34 heavy (non-hydrogen) atoms. The molecule has 11 heteroatoms. The molecule has 1 atom stereocenters. The van der Waals surface area contributed by atoms with E-state index in [1.165, 1.54) is 0 Å². The minimum atomic E-state index is -0.812. The third-order valence-corrected chi connectivity index (χ3v) is 6.62. The number of carbonyl (C=O) groups excluding carboxylic acids is 3. The normalized spacial score (nSPS) is 18.7. The van der Waals surface area contributed by atoms with E-state index in [4.69, 9.17) is 44.9 Å². The van der Waals surface area contributed by atoms with Crippen LogP contribution >= 0.6 is 35.4 Å². The minimum absolute atomic E-state index is 0.0852. The smallest absolute Gasteiger partial charge is 0.308 e. The number of halogens is 2. The summed E-state index contributed by atoms with van der Waals surface area (Å²) in [6.07, 6.45) is 5.35. The lowest BCUT2D eigenvalue weighted by Gasteiger charge is -2.36. The Morgan fingerprint density at radius 1 is 1.21 bits per heavy atom. The number of amides is 2. The van der Waals surface area contributed by atoms with Crippen molar-refractivity contribution in [3.05, 3.63) is 28.2 Å². The molecule has 1 heterocycles. The van der Waals surface area contributed by atoms with Gasteiger partial charge in [0.05, 0.1) is 18.1 Å². The number of piperazine rings is 1. The maximum absolute atomic E-state index is 12.5. The van der Waals surface area contributed by atoms with Crippen LogP contribution in [0.5, 0.6) is 5.75 Å². The highest BCUT2D eigenvalue weighted by Gasteiger charge is 2.34. The Kier molecular flexibility index (Phi) is 10.2. The number of nitrogens with zero attached hydrogens (tertiary/aromatic N) is 1. The number of ether oxygens (including phenoxy) is 2. The summed E-state index contributed by atoms with van der Waals surface area (Å²) in [5, 5.41) is 6.44. The van der Waals surface area contributed by atoms with E-state index in [1.54, 1.807) is 23.1 Å². The molecule has 2 amide bonds. The van der Waals surface area contributed by atoms with Crippen LogP contribution in [-0.4, -0.2) is 59.6 Å². The Morgan fingerprint density at radius 2 is 1.97 bits per heavy atom. The molecule has 0 spiro atoms. The standard InChI is InChI=1S/C23H29Cl2N3O5S/c24-15-8-9-19(17(25)13-15)32-12-4-7-20(29)27-23(34)28-11-10-26-22(31)18(28)14-21(30)33-16-5-2-1-3-6-16/h8-9,13,16,18H,1-7,10-12,14H2,(H,26,31)(H,27,29,34). The average Bonchev–Trinajstić information content (AvgIpc) is 2.79. The number of esters is 1. The van der Waals surface area contributed by atoms with Crippen LogP contribution in [0.2, 0.25) is 10.0 Å². The van der Waals surface area contributed by atoms with Crippen LogP contribution < -0.4 is 15.4 Å². The maximum Gasteiger partial charge on any atom is 0.308 e. The SMILES string of the molecule is O=C(CCCOc1ccc(Cl)cc1Cl)NC(=S)N1CCNC(=O)C1CC(=O)OC1CCCCC1. The second-order valence-corrected chi connectivity index (χ2v) is 9.56. The van der Waals surface area contributed by atoms with Crippen molar-refractivity contribution in [3.8, 4) is 5.75 Å². The lowest BCUT2D eigenvalue weighted by molar-refractivity contribution is -0.153. The lowest BCUT2D eigenvalue weighted by atomic mass is 9.98. The van der Waals surface area contributed by atoms with Crippen LogP contribution in [0.3, 0.4) is 0 Å². The van der Waals surface area contributed by atoms with Gasteiger partial charge in [-0.3, -0.25) is 14.4 Å². The van der Waals surface area contributed by atoms with Gasteiger partial charge in [0.2, 0.25) is 11.8 Å². The second kappa shape index (κ2) is 13.1. The number of hydrogen-bond donors (Lipinski definition) is 2. The number of nitrogens with one attached hydrogen (secondary N) is 2. The molecule has 1 aliphatic heterocycles. The van der Waals surface area contributed by atoms with Crippen LogP contribution in [0.1, 0.15) is 51.4 Å². The third-order valence-electron chi connectivity index (χ3n) is 5.75. The van der Waals surface area contributed by atoms with Crippen LogP contribution in [-0.2, 0) is 19.1 Å². The molecule has 3 rings (SSSR count). The Hall–Kier alpha value is -2.10. The highest BCUT2D eigenvalue weighted by Crippen LogP contribution is 2.27. The Balaban J connectivity index is 1.44. The highest BCUT2D eigenvalue weighted by atomic mass is 35.5. The van der Waals surface area contributed by atoms with Crippen molar-refractivity contribution in [2.24, 2.45) is 0 Å². The topological polar surface area (TPSA) is 97.0 Å². The van der Waals surface area contributed by atoms with Crippen molar-refractivity contribution in [1.82, 2.24) is 15.5 Å². The summed E-state index contributed by atoms with van der Waals surface area (Å²) in [5.74, 6) is -0.544. The van der Waals surface area contributed by atoms with Crippen molar-refractivity contribution in [3.63, 3.8) is 0 Å². The minimum Gasteiger partial charge on any atom is -0.492 e. The summed E-state index contributed by atoms with van der Waals surface area (Å²) in [6, 6.07) is 4.11. The fraction of sp³-hybridized carbons (Fsp3) is 0.565. The Bertz CT molecular complexity index is 911. The van der Waals surface area contributed by atoms with Gasteiger partial charge in [-0.15, -0.1) is 0 Å². The fourth-order valence-corrected chi connectivity index (χ4v) is 4.79. The van der Waals surface area contributed by atoms with E-state index in [1.807, 2.05) is 0 Å². The van der Waals surface area contributed by atoms with Gasteiger partial charge in [0.1, 0.15) is 17.9 Å². The van der Waals surface area contributed by atoms with Crippen LogP contribution in [0.4, 0.5) is 0 Å². The summed E-state index contributed by atoms with van der Waals surface area (Å²) < 4.78 is 11.1. The van der Waals surface area contributed by atoms with E-state index in [0.29, 0.717) is 35.3 Å². The molecule has 1 saturated heterocycles. The third kappa shape index (κ3) is 7.99. The quantitative estimate of drug-likeness (QED) is 0.301. The van der Waals surface area contributed by atoms with Gasteiger partial charge in [0.15, 0.2) is 5.11 Å². The van der Waals surface area contributed by atoms with E-state index in [9.17, 15) is 14.4 Å². The fourth-order valence-electron chi connectivity index (χ4n) is 4.00. The molecule has 186 valence electrons. The first-order chi connectivity index (χ1) is 16.3. The van der Waals surface area contributed by atoms with Gasteiger partial charge >= 0.3 is 5.97 Å².